The van der Waals surface area contributed by atoms with E-state index in [1.807, 2.05) is 42.2 Å². The van der Waals surface area contributed by atoms with Gasteiger partial charge >= 0.3 is 0 Å². The molecule has 5 nitrogen and oxygen atoms in total. The number of piperazine rings is 1. The van der Waals surface area contributed by atoms with Gasteiger partial charge in [0.15, 0.2) is 0 Å². The Morgan fingerprint density at radius 1 is 1.12 bits per heavy atom. The molecule has 1 aliphatic carbocycles. The van der Waals surface area contributed by atoms with Gasteiger partial charge in [0.05, 0.1) is 12.1 Å². The van der Waals surface area contributed by atoms with E-state index in [4.69, 9.17) is 4.42 Å². The largest absolute Gasteiger partial charge is 0.441 e. The van der Waals surface area contributed by atoms with Crippen LogP contribution in [0.1, 0.15) is 37.1 Å². The molecule has 1 saturated carbocycles. The van der Waals surface area contributed by atoms with E-state index in [-0.39, 0.29) is 5.91 Å². The first-order valence-electron chi connectivity index (χ1n) is 9.74. The first kappa shape index (κ1) is 17.3. The maximum Gasteiger partial charge on any atom is 0.228 e. The van der Waals surface area contributed by atoms with Crippen molar-refractivity contribution in [3.8, 4) is 11.5 Å². The van der Waals surface area contributed by atoms with Gasteiger partial charge in [-0.25, -0.2) is 4.98 Å². The van der Waals surface area contributed by atoms with Gasteiger partial charge < -0.3 is 9.32 Å². The molecule has 0 spiro atoms. The Labute approximate surface area is 155 Å². The first-order valence-corrected chi connectivity index (χ1v) is 9.74. The van der Waals surface area contributed by atoms with Crippen molar-refractivity contribution in [2.75, 3.05) is 26.2 Å². The van der Waals surface area contributed by atoms with Gasteiger partial charge in [0, 0.05) is 37.8 Å². The molecule has 0 atom stereocenters. The maximum atomic E-state index is 12.7. The molecule has 0 unspecified atom stereocenters. The van der Waals surface area contributed by atoms with Crippen molar-refractivity contribution < 1.29 is 9.21 Å². The van der Waals surface area contributed by atoms with Gasteiger partial charge in [-0.15, -0.1) is 0 Å². The maximum absolute atomic E-state index is 12.7. The van der Waals surface area contributed by atoms with Crippen LogP contribution in [0.5, 0.6) is 0 Å². The molecule has 2 fully saturated rings. The summed E-state index contributed by atoms with van der Waals surface area (Å²) in [7, 11) is 0. The Balaban J connectivity index is 1.36. The Bertz CT molecular complexity index is 742. The van der Waals surface area contributed by atoms with E-state index in [0.717, 1.165) is 49.2 Å². The van der Waals surface area contributed by atoms with Crippen LogP contribution in [0.3, 0.4) is 0 Å². The van der Waals surface area contributed by atoms with Gasteiger partial charge in [-0.05, 0) is 31.9 Å². The number of carbonyl (C=O) groups excluding carboxylic acids is 1. The number of rotatable bonds is 4. The summed E-state index contributed by atoms with van der Waals surface area (Å²) in [5.41, 5.74) is 1.70. The van der Waals surface area contributed by atoms with Crippen molar-refractivity contribution in [3.63, 3.8) is 0 Å². The number of aromatic nitrogens is 1. The minimum atomic E-state index is 0.159. The lowest BCUT2D eigenvalue weighted by atomic mass is 10.1. The Kier molecular flexibility index (Phi) is 5.07. The van der Waals surface area contributed by atoms with Gasteiger partial charge in [0.25, 0.3) is 0 Å². The predicted molar refractivity (Wildman–Crippen MR) is 101 cm³/mol. The highest BCUT2D eigenvalue weighted by Crippen LogP contribution is 2.25. The smallest absolute Gasteiger partial charge is 0.228 e. The van der Waals surface area contributed by atoms with E-state index in [1.165, 1.54) is 25.7 Å². The molecule has 5 heteroatoms. The number of aryl methyl sites for hydroxylation is 1. The van der Waals surface area contributed by atoms with Crippen molar-refractivity contribution in [1.82, 2.24) is 14.8 Å². The molecule has 2 aromatic rings. The molecule has 1 amide bonds. The minimum Gasteiger partial charge on any atom is -0.441 e. The zero-order valence-corrected chi connectivity index (χ0v) is 15.5. The molecule has 1 aromatic heterocycles. The lowest BCUT2D eigenvalue weighted by Gasteiger charge is -2.38. The fourth-order valence-electron chi connectivity index (χ4n) is 4.16. The van der Waals surface area contributed by atoms with Crippen LogP contribution in [0.4, 0.5) is 0 Å². The average molecular weight is 353 g/mol. The fourth-order valence-corrected chi connectivity index (χ4v) is 4.16. The summed E-state index contributed by atoms with van der Waals surface area (Å²) >= 11 is 0. The number of hydrogen-bond donors (Lipinski definition) is 0. The SMILES string of the molecule is Cc1oc(-c2ccccc2)nc1CC(=O)N1CCN(C2CCCC2)CC1. The van der Waals surface area contributed by atoms with Crippen molar-refractivity contribution in [3.05, 3.63) is 41.8 Å². The van der Waals surface area contributed by atoms with E-state index in [1.54, 1.807) is 0 Å². The zero-order chi connectivity index (χ0) is 17.9. The molecule has 26 heavy (non-hydrogen) atoms. The molecule has 1 aromatic carbocycles. The van der Waals surface area contributed by atoms with Crippen LogP contribution < -0.4 is 0 Å². The molecule has 4 rings (SSSR count). The quantitative estimate of drug-likeness (QED) is 0.846. The third-order valence-electron chi connectivity index (χ3n) is 5.74. The summed E-state index contributed by atoms with van der Waals surface area (Å²) in [6.07, 6.45) is 5.70. The second-order valence-corrected chi connectivity index (χ2v) is 7.42. The fraction of sp³-hybridized carbons (Fsp3) is 0.524. The first-order chi connectivity index (χ1) is 12.7. The molecule has 2 aliphatic rings. The number of amides is 1. The van der Waals surface area contributed by atoms with Crippen LogP contribution in [-0.2, 0) is 11.2 Å². The standard InChI is InChI=1S/C21H27N3O2/c1-16-19(22-21(26-16)17-7-3-2-4-8-17)15-20(25)24-13-11-23(12-14-24)18-9-5-6-10-18/h2-4,7-8,18H,5-6,9-15H2,1H3. The summed E-state index contributed by atoms with van der Waals surface area (Å²) < 4.78 is 5.78. The molecular formula is C21H27N3O2. The predicted octanol–water partition coefficient (Wildman–Crippen LogP) is 3.28. The third kappa shape index (κ3) is 3.68. The van der Waals surface area contributed by atoms with Crippen molar-refractivity contribution >= 4 is 5.91 Å². The molecule has 0 radical (unpaired) electrons. The summed E-state index contributed by atoms with van der Waals surface area (Å²) in [6, 6.07) is 10.6. The van der Waals surface area contributed by atoms with E-state index in [9.17, 15) is 4.79 Å². The highest BCUT2D eigenvalue weighted by molar-refractivity contribution is 5.78. The number of hydrogen-bond acceptors (Lipinski definition) is 4. The van der Waals surface area contributed by atoms with Crippen molar-refractivity contribution in [2.45, 2.75) is 45.1 Å². The number of nitrogens with zero attached hydrogens (tertiary/aromatic N) is 3. The van der Waals surface area contributed by atoms with E-state index < -0.39 is 0 Å². The third-order valence-corrected chi connectivity index (χ3v) is 5.74. The number of oxazole rings is 1. The highest BCUT2D eigenvalue weighted by atomic mass is 16.4. The van der Waals surface area contributed by atoms with E-state index in [0.29, 0.717) is 12.3 Å². The van der Waals surface area contributed by atoms with Gasteiger partial charge in [-0.3, -0.25) is 9.69 Å². The van der Waals surface area contributed by atoms with Crippen molar-refractivity contribution in [1.29, 1.82) is 0 Å². The lowest BCUT2D eigenvalue weighted by Crippen LogP contribution is -2.51. The van der Waals surface area contributed by atoms with Crippen LogP contribution in [0.25, 0.3) is 11.5 Å². The Morgan fingerprint density at radius 2 is 1.81 bits per heavy atom. The number of benzene rings is 1. The van der Waals surface area contributed by atoms with Gasteiger partial charge in [0.1, 0.15) is 5.76 Å². The van der Waals surface area contributed by atoms with Crippen LogP contribution in [-0.4, -0.2) is 52.9 Å². The monoisotopic (exact) mass is 353 g/mol. The molecule has 2 heterocycles. The highest BCUT2D eigenvalue weighted by Gasteiger charge is 2.28. The summed E-state index contributed by atoms with van der Waals surface area (Å²) in [5.74, 6) is 1.49. The summed E-state index contributed by atoms with van der Waals surface area (Å²) in [4.78, 5) is 21.9. The van der Waals surface area contributed by atoms with Gasteiger partial charge in [-0.2, -0.15) is 0 Å². The lowest BCUT2D eigenvalue weighted by molar-refractivity contribution is -0.132. The topological polar surface area (TPSA) is 49.6 Å². The molecule has 0 bridgehead atoms. The normalized spacial score (nSPS) is 19.2. The van der Waals surface area contributed by atoms with Crippen molar-refractivity contribution in [2.24, 2.45) is 0 Å². The minimum absolute atomic E-state index is 0.159. The molecule has 1 aliphatic heterocycles. The molecular weight excluding hydrogens is 326 g/mol. The summed E-state index contributed by atoms with van der Waals surface area (Å²) in [5, 5.41) is 0. The Morgan fingerprint density at radius 3 is 2.50 bits per heavy atom. The second-order valence-electron chi connectivity index (χ2n) is 7.42. The molecule has 1 saturated heterocycles. The number of carbonyl (C=O) groups is 1. The van der Waals surface area contributed by atoms with E-state index >= 15 is 0 Å². The zero-order valence-electron chi connectivity index (χ0n) is 15.5. The van der Waals surface area contributed by atoms with Crippen LogP contribution in [0, 0.1) is 6.92 Å². The molecule has 0 N–H and O–H groups in total. The summed E-state index contributed by atoms with van der Waals surface area (Å²) in [6.45, 7) is 5.56. The van der Waals surface area contributed by atoms with Crippen LogP contribution in [0.2, 0.25) is 0 Å². The van der Waals surface area contributed by atoms with E-state index in [2.05, 4.69) is 9.88 Å². The molecule has 138 valence electrons. The van der Waals surface area contributed by atoms with Gasteiger partial charge in [-0.1, -0.05) is 31.0 Å². The second kappa shape index (κ2) is 7.62. The van der Waals surface area contributed by atoms with Crippen LogP contribution in [0.15, 0.2) is 34.7 Å². The van der Waals surface area contributed by atoms with Gasteiger partial charge in [0.2, 0.25) is 11.8 Å². The average Bonchev–Trinajstić information content (AvgIpc) is 3.33. The van der Waals surface area contributed by atoms with Crippen LogP contribution >= 0.6 is 0 Å². The Hall–Kier alpha value is -2.14.